The highest BCUT2D eigenvalue weighted by molar-refractivity contribution is 7.10. The van der Waals surface area contributed by atoms with E-state index >= 15 is 0 Å². The van der Waals surface area contributed by atoms with Crippen LogP contribution in [-0.4, -0.2) is 58.7 Å². The van der Waals surface area contributed by atoms with Crippen molar-refractivity contribution >= 4 is 28.9 Å². The number of nitrogens with zero attached hydrogens (tertiary/aromatic N) is 4. The molecule has 1 aromatic heterocycles. The fourth-order valence-corrected chi connectivity index (χ4v) is 5.11. The van der Waals surface area contributed by atoms with Crippen LogP contribution in [0.1, 0.15) is 54.1 Å². The number of carbonyl (C=O) groups excluding carboxylic acids is 2. The highest BCUT2D eigenvalue weighted by atomic mass is 32.1. The molecule has 2 atom stereocenters. The second-order valence-corrected chi connectivity index (χ2v) is 9.33. The number of piperidine rings is 1. The highest BCUT2D eigenvalue weighted by Gasteiger charge is 2.40. The normalized spacial score (nSPS) is 20.3. The van der Waals surface area contributed by atoms with Gasteiger partial charge in [-0.1, -0.05) is 11.2 Å². The number of likely N-dealkylation sites (tertiary alicyclic amines) is 1. The molecule has 36 heavy (non-hydrogen) atoms. The third kappa shape index (κ3) is 5.64. The molecule has 4 rings (SSSR count). The van der Waals surface area contributed by atoms with E-state index in [9.17, 15) is 31.5 Å². The van der Waals surface area contributed by atoms with Crippen molar-refractivity contribution < 1.29 is 36.4 Å². The lowest BCUT2D eigenvalue weighted by Crippen LogP contribution is -2.51. The third-order valence-electron chi connectivity index (χ3n) is 5.84. The fraction of sp³-hybridized carbons (Fsp3) is 0.455. The number of amides is 2. The largest absolute Gasteiger partial charge is 0.472 e. The molecule has 3 heterocycles. The van der Waals surface area contributed by atoms with Gasteiger partial charge in [-0.15, -0.1) is 11.3 Å². The Kier molecular flexibility index (Phi) is 7.54. The standard InChI is InChI=1S/C22H22F5N5O3S/c1-31(29-21(34)22(25,26)27)10-18(33)32-8-3-2-7-16(32)20-28-15(11-36-20)14-9-17(35-30-14)19-12(23)5-4-6-13(19)24/h4-6,11,16-17H,2-3,7-10H2,1H3,(H,29,34). The van der Waals surface area contributed by atoms with E-state index in [0.717, 1.165) is 30.0 Å². The molecule has 0 spiro atoms. The van der Waals surface area contributed by atoms with Crippen LogP contribution in [0.3, 0.4) is 0 Å². The molecular formula is C22H22F5N5O3S. The van der Waals surface area contributed by atoms with Gasteiger partial charge < -0.3 is 9.74 Å². The van der Waals surface area contributed by atoms with Gasteiger partial charge in [-0.3, -0.25) is 15.0 Å². The maximum Gasteiger partial charge on any atom is 0.472 e. The van der Waals surface area contributed by atoms with Gasteiger partial charge in [0.1, 0.15) is 22.4 Å². The predicted molar refractivity (Wildman–Crippen MR) is 119 cm³/mol. The molecule has 1 saturated heterocycles. The first-order valence-electron chi connectivity index (χ1n) is 11.1. The Balaban J connectivity index is 1.42. The average molecular weight is 532 g/mol. The summed E-state index contributed by atoms with van der Waals surface area (Å²) in [4.78, 5) is 35.4. The van der Waals surface area contributed by atoms with E-state index in [4.69, 9.17) is 4.84 Å². The highest BCUT2D eigenvalue weighted by Crippen LogP contribution is 2.36. The van der Waals surface area contributed by atoms with Crippen molar-refractivity contribution in [2.24, 2.45) is 5.16 Å². The molecule has 2 aromatic rings. The molecule has 0 saturated carbocycles. The number of thiazole rings is 1. The first-order chi connectivity index (χ1) is 17.0. The predicted octanol–water partition coefficient (Wildman–Crippen LogP) is 3.87. The Bertz CT molecular complexity index is 1150. The first-order valence-corrected chi connectivity index (χ1v) is 11.9. The number of halogens is 5. The van der Waals surface area contributed by atoms with Crippen LogP contribution in [0.2, 0.25) is 0 Å². The second kappa shape index (κ2) is 10.5. The van der Waals surface area contributed by atoms with Crippen molar-refractivity contribution in [1.82, 2.24) is 20.3 Å². The summed E-state index contributed by atoms with van der Waals surface area (Å²) in [6, 6.07) is 3.14. The van der Waals surface area contributed by atoms with E-state index < -0.39 is 48.3 Å². The number of nitrogens with one attached hydrogen (secondary N) is 1. The van der Waals surface area contributed by atoms with E-state index in [1.165, 1.54) is 29.4 Å². The zero-order valence-electron chi connectivity index (χ0n) is 19.0. The molecule has 8 nitrogen and oxygen atoms in total. The Labute approximate surface area is 206 Å². The minimum absolute atomic E-state index is 0.109. The van der Waals surface area contributed by atoms with Crippen molar-refractivity contribution in [2.45, 2.75) is 44.0 Å². The molecule has 2 aliphatic heterocycles. The summed E-state index contributed by atoms with van der Waals surface area (Å²) in [5, 5.41) is 7.06. The minimum atomic E-state index is -5.06. The number of oxime groups is 1. The van der Waals surface area contributed by atoms with Crippen LogP contribution in [0.25, 0.3) is 0 Å². The number of likely N-dealkylation sites (N-methyl/N-ethyl adjacent to an activating group) is 1. The number of benzene rings is 1. The number of carbonyl (C=O) groups is 2. The Morgan fingerprint density at radius 1 is 1.25 bits per heavy atom. The van der Waals surface area contributed by atoms with Crippen LogP contribution in [0, 0.1) is 11.6 Å². The summed E-state index contributed by atoms with van der Waals surface area (Å²) in [6.45, 7) is -0.0643. The SMILES string of the molecule is CN(CC(=O)N1CCCCC1c1nc(C2=NOC(c3c(F)cccc3F)C2)cs1)NC(=O)C(F)(F)F. The van der Waals surface area contributed by atoms with Crippen LogP contribution in [0.4, 0.5) is 22.0 Å². The van der Waals surface area contributed by atoms with Crippen molar-refractivity contribution in [1.29, 1.82) is 0 Å². The number of hydrogen-bond acceptors (Lipinski definition) is 7. The van der Waals surface area contributed by atoms with Gasteiger partial charge in [0.2, 0.25) is 5.91 Å². The maximum absolute atomic E-state index is 14.1. The lowest BCUT2D eigenvalue weighted by molar-refractivity contribution is -0.178. The Morgan fingerprint density at radius 3 is 2.67 bits per heavy atom. The summed E-state index contributed by atoms with van der Waals surface area (Å²) in [5.41, 5.74) is 2.30. The van der Waals surface area contributed by atoms with Crippen molar-refractivity contribution in [2.75, 3.05) is 20.1 Å². The van der Waals surface area contributed by atoms with Crippen LogP contribution in [0.5, 0.6) is 0 Å². The van der Waals surface area contributed by atoms with Gasteiger partial charge in [0.05, 0.1) is 23.8 Å². The molecule has 2 unspecified atom stereocenters. The number of rotatable bonds is 6. The molecule has 194 valence electrons. The topological polar surface area (TPSA) is 87.1 Å². The number of aromatic nitrogens is 1. The van der Waals surface area contributed by atoms with Crippen molar-refractivity contribution in [3.63, 3.8) is 0 Å². The van der Waals surface area contributed by atoms with E-state index in [-0.39, 0.29) is 12.0 Å². The summed E-state index contributed by atoms with van der Waals surface area (Å²) in [6.07, 6.45) is -3.74. The molecule has 0 radical (unpaired) electrons. The zero-order chi connectivity index (χ0) is 26.0. The molecule has 0 aliphatic carbocycles. The van der Waals surface area contributed by atoms with Gasteiger partial charge in [-0.05, 0) is 31.4 Å². The van der Waals surface area contributed by atoms with Crippen LogP contribution >= 0.6 is 11.3 Å². The average Bonchev–Trinajstić information content (AvgIpc) is 3.48. The van der Waals surface area contributed by atoms with Gasteiger partial charge in [0, 0.05) is 25.4 Å². The maximum atomic E-state index is 14.1. The first kappa shape index (κ1) is 25.9. The van der Waals surface area contributed by atoms with Crippen molar-refractivity contribution in [3.05, 3.63) is 51.5 Å². The number of alkyl halides is 3. The lowest BCUT2D eigenvalue weighted by Gasteiger charge is -2.35. The Hall–Kier alpha value is -3.13. The van der Waals surface area contributed by atoms with Crippen LogP contribution < -0.4 is 5.43 Å². The second-order valence-electron chi connectivity index (χ2n) is 8.44. The van der Waals surface area contributed by atoms with Gasteiger partial charge in [0.25, 0.3) is 0 Å². The Morgan fingerprint density at radius 2 is 1.97 bits per heavy atom. The molecule has 14 heteroatoms. The van der Waals surface area contributed by atoms with E-state index in [0.29, 0.717) is 29.4 Å². The van der Waals surface area contributed by atoms with Crippen molar-refractivity contribution in [3.8, 4) is 0 Å². The van der Waals surface area contributed by atoms with Gasteiger partial charge in [-0.25, -0.2) is 18.8 Å². The molecule has 1 N–H and O–H groups in total. The number of hydrogen-bond donors (Lipinski definition) is 1. The van der Waals surface area contributed by atoms with Crippen LogP contribution in [-0.2, 0) is 14.4 Å². The quantitative estimate of drug-likeness (QED) is 0.452. The third-order valence-corrected chi connectivity index (χ3v) is 6.78. The fourth-order valence-electron chi connectivity index (χ4n) is 4.13. The number of hydrazine groups is 1. The van der Waals surface area contributed by atoms with Gasteiger partial charge in [0.15, 0.2) is 6.10 Å². The molecule has 1 fully saturated rings. The summed E-state index contributed by atoms with van der Waals surface area (Å²) in [7, 11) is 1.18. The zero-order valence-corrected chi connectivity index (χ0v) is 19.8. The monoisotopic (exact) mass is 531 g/mol. The molecule has 0 bridgehead atoms. The van der Waals surface area contributed by atoms with E-state index in [1.807, 2.05) is 0 Å². The summed E-state index contributed by atoms with van der Waals surface area (Å²) >= 11 is 1.28. The van der Waals surface area contributed by atoms with E-state index in [2.05, 4.69) is 10.1 Å². The molecule has 2 amide bonds. The van der Waals surface area contributed by atoms with Gasteiger partial charge in [-0.2, -0.15) is 13.2 Å². The molecule has 2 aliphatic rings. The molecular weight excluding hydrogens is 509 g/mol. The molecule has 1 aromatic carbocycles. The van der Waals surface area contributed by atoms with Crippen LogP contribution in [0.15, 0.2) is 28.7 Å². The van der Waals surface area contributed by atoms with Gasteiger partial charge >= 0.3 is 12.1 Å². The minimum Gasteiger partial charge on any atom is -0.387 e. The smallest absolute Gasteiger partial charge is 0.387 e. The summed E-state index contributed by atoms with van der Waals surface area (Å²) < 4.78 is 65.7. The summed E-state index contributed by atoms with van der Waals surface area (Å²) in [5.74, 6) is -4.09. The van der Waals surface area contributed by atoms with E-state index in [1.54, 1.807) is 10.8 Å². The lowest BCUT2D eigenvalue weighted by atomic mass is 10.0.